The maximum atomic E-state index is 13.1. The Balaban J connectivity index is 1.22. The molecule has 216 valence electrons. The lowest BCUT2D eigenvalue weighted by atomic mass is 10.1. The third kappa shape index (κ3) is 6.22. The third-order valence-corrected chi connectivity index (χ3v) is 6.44. The van der Waals surface area contributed by atoms with Crippen molar-refractivity contribution < 1.29 is 19.1 Å². The number of carbonyl (C=O) groups excluding carboxylic acids is 3. The summed E-state index contributed by atoms with van der Waals surface area (Å²) in [4.78, 5) is 42.3. The predicted octanol–water partition coefficient (Wildman–Crippen LogP) is 4.50. The average Bonchev–Trinajstić information content (AvgIpc) is 3.50. The van der Waals surface area contributed by atoms with Crippen molar-refractivity contribution in [1.29, 1.82) is 0 Å². The number of hydrogen-bond acceptors (Lipinski definition) is 7. The molecule has 2 aromatic carbocycles. The number of nitrogens with zero attached hydrogens (tertiary/aromatic N) is 5. The first-order chi connectivity index (χ1) is 20.0. The molecule has 3 N–H and O–H groups in total. The fourth-order valence-corrected chi connectivity index (χ4v) is 4.47. The van der Waals surface area contributed by atoms with Gasteiger partial charge in [0.05, 0.1) is 11.7 Å². The molecule has 12 heteroatoms. The van der Waals surface area contributed by atoms with E-state index >= 15 is 0 Å². The van der Waals surface area contributed by atoms with Gasteiger partial charge in [-0.1, -0.05) is 18.2 Å². The zero-order valence-corrected chi connectivity index (χ0v) is 24.1. The first kappa shape index (κ1) is 28.3. The Hall–Kier alpha value is -5.26. The molecule has 3 heterocycles. The van der Waals surface area contributed by atoms with E-state index < -0.39 is 11.7 Å². The molecule has 0 radical (unpaired) electrons. The number of benzene rings is 2. The third-order valence-electron chi connectivity index (χ3n) is 6.44. The monoisotopic (exact) mass is 568 g/mol. The van der Waals surface area contributed by atoms with Gasteiger partial charge in [0.2, 0.25) is 0 Å². The second kappa shape index (κ2) is 11.3. The van der Waals surface area contributed by atoms with Crippen molar-refractivity contribution in [1.82, 2.24) is 29.7 Å². The van der Waals surface area contributed by atoms with E-state index in [2.05, 4.69) is 31.1 Å². The Morgan fingerprint density at radius 3 is 2.55 bits per heavy atom. The van der Waals surface area contributed by atoms with Crippen molar-refractivity contribution >= 4 is 45.8 Å². The number of carbonyl (C=O) groups is 3. The van der Waals surface area contributed by atoms with Crippen molar-refractivity contribution in [3.63, 3.8) is 0 Å². The summed E-state index contributed by atoms with van der Waals surface area (Å²) in [6.07, 6.45) is 4.91. The van der Waals surface area contributed by atoms with Gasteiger partial charge in [0.15, 0.2) is 11.3 Å². The lowest BCUT2D eigenvalue weighted by Crippen LogP contribution is -2.33. The Bertz CT molecular complexity index is 1820. The van der Waals surface area contributed by atoms with Gasteiger partial charge in [0.25, 0.3) is 11.8 Å². The number of nitrogens with one attached hydrogen (secondary N) is 3. The van der Waals surface area contributed by atoms with Crippen LogP contribution >= 0.6 is 0 Å². The molecule has 0 unspecified atom stereocenters. The van der Waals surface area contributed by atoms with Crippen LogP contribution in [0.1, 0.15) is 52.7 Å². The molecular weight excluding hydrogens is 536 g/mol. The summed E-state index contributed by atoms with van der Waals surface area (Å²) < 4.78 is 8.45. The number of aryl methyl sites for hydroxylation is 2. The molecule has 0 fully saturated rings. The standard InChI is InChI=1S/C30H32N8O4/c1-18-14-20(34-28(40)25-21-8-6-7-9-24(21)37(5)36-25)10-11-23(18)35-27(39)22-16-33-38-17-19(15-32-26(22)38)12-13-31-29(41)42-30(2,3)4/h6-11,14-17H,12-13H2,1-5H3,(H,31,41)(H,34,40)(H,35,39). The minimum atomic E-state index is -0.567. The zero-order valence-electron chi connectivity index (χ0n) is 24.1. The smallest absolute Gasteiger partial charge is 0.407 e. The maximum Gasteiger partial charge on any atom is 0.407 e. The minimum Gasteiger partial charge on any atom is -0.444 e. The van der Waals surface area contributed by atoms with Crippen LogP contribution in [0.15, 0.2) is 61.1 Å². The fraction of sp³-hybridized carbons (Fsp3) is 0.267. The number of para-hydroxylation sites is 1. The molecule has 5 aromatic rings. The highest BCUT2D eigenvalue weighted by Crippen LogP contribution is 2.23. The van der Waals surface area contributed by atoms with Gasteiger partial charge in [0.1, 0.15) is 11.2 Å². The highest BCUT2D eigenvalue weighted by atomic mass is 16.6. The van der Waals surface area contributed by atoms with Crippen LogP contribution in [0.2, 0.25) is 0 Å². The lowest BCUT2D eigenvalue weighted by Gasteiger charge is -2.19. The van der Waals surface area contributed by atoms with Crippen LogP contribution in [-0.2, 0) is 18.2 Å². The van der Waals surface area contributed by atoms with Crippen molar-refractivity contribution in [2.75, 3.05) is 17.2 Å². The Labute approximate surface area is 242 Å². The highest BCUT2D eigenvalue weighted by Gasteiger charge is 2.19. The molecule has 0 saturated carbocycles. The number of ether oxygens (including phenoxy) is 1. The van der Waals surface area contributed by atoms with Gasteiger partial charge in [-0.15, -0.1) is 0 Å². The van der Waals surface area contributed by atoms with E-state index in [-0.39, 0.29) is 11.8 Å². The first-order valence-corrected chi connectivity index (χ1v) is 13.4. The van der Waals surface area contributed by atoms with Crippen molar-refractivity contribution in [2.24, 2.45) is 7.05 Å². The summed E-state index contributed by atoms with van der Waals surface area (Å²) in [6, 6.07) is 12.8. The van der Waals surface area contributed by atoms with Crippen LogP contribution in [0.3, 0.4) is 0 Å². The predicted molar refractivity (Wildman–Crippen MR) is 159 cm³/mol. The van der Waals surface area contributed by atoms with Gasteiger partial charge in [0, 0.05) is 42.7 Å². The maximum absolute atomic E-state index is 13.1. The van der Waals surface area contributed by atoms with Crippen molar-refractivity contribution in [3.8, 4) is 0 Å². The van der Waals surface area contributed by atoms with E-state index in [4.69, 9.17) is 4.74 Å². The van der Waals surface area contributed by atoms with Gasteiger partial charge in [-0.3, -0.25) is 14.3 Å². The lowest BCUT2D eigenvalue weighted by molar-refractivity contribution is 0.0528. The van der Waals surface area contributed by atoms with E-state index in [1.54, 1.807) is 63.1 Å². The van der Waals surface area contributed by atoms with Crippen LogP contribution < -0.4 is 16.0 Å². The van der Waals surface area contributed by atoms with Crippen LogP contribution in [0.5, 0.6) is 0 Å². The van der Waals surface area contributed by atoms with Crippen LogP contribution in [0.4, 0.5) is 16.2 Å². The summed E-state index contributed by atoms with van der Waals surface area (Å²) in [5, 5.41) is 17.9. The van der Waals surface area contributed by atoms with Gasteiger partial charge >= 0.3 is 6.09 Å². The Morgan fingerprint density at radius 1 is 1.00 bits per heavy atom. The van der Waals surface area contributed by atoms with Gasteiger partial charge in [-0.25, -0.2) is 14.3 Å². The van der Waals surface area contributed by atoms with E-state index in [1.807, 2.05) is 31.2 Å². The van der Waals surface area contributed by atoms with Crippen LogP contribution in [0.25, 0.3) is 16.6 Å². The number of hydrogen-bond donors (Lipinski definition) is 3. The summed E-state index contributed by atoms with van der Waals surface area (Å²) in [5.41, 5.74) is 4.12. The molecule has 0 bridgehead atoms. The van der Waals surface area contributed by atoms with E-state index in [0.29, 0.717) is 41.2 Å². The van der Waals surface area contributed by atoms with Crippen molar-refractivity contribution in [2.45, 2.75) is 39.7 Å². The minimum absolute atomic E-state index is 0.312. The molecule has 12 nitrogen and oxygen atoms in total. The summed E-state index contributed by atoms with van der Waals surface area (Å²) in [5.74, 6) is -0.683. The molecule has 0 saturated heterocycles. The van der Waals surface area contributed by atoms with Crippen molar-refractivity contribution in [3.05, 3.63) is 83.4 Å². The molecule has 0 aliphatic carbocycles. The summed E-state index contributed by atoms with van der Waals surface area (Å²) in [6.45, 7) is 7.62. The topological polar surface area (TPSA) is 145 Å². The molecule has 0 aliphatic rings. The average molecular weight is 569 g/mol. The number of aromatic nitrogens is 5. The van der Waals surface area contributed by atoms with Crippen LogP contribution in [-0.4, -0.2) is 54.4 Å². The van der Waals surface area contributed by atoms with E-state index in [1.165, 1.54) is 10.7 Å². The Kier molecular flexibility index (Phi) is 7.62. The second-order valence-electron chi connectivity index (χ2n) is 10.9. The summed E-state index contributed by atoms with van der Waals surface area (Å²) >= 11 is 0. The zero-order chi connectivity index (χ0) is 30.0. The molecule has 0 spiro atoms. The highest BCUT2D eigenvalue weighted by molar-refractivity contribution is 6.11. The van der Waals surface area contributed by atoms with Crippen LogP contribution in [0, 0.1) is 6.92 Å². The number of rotatable bonds is 7. The molecule has 0 aliphatic heterocycles. The largest absolute Gasteiger partial charge is 0.444 e. The summed E-state index contributed by atoms with van der Waals surface area (Å²) in [7, 11) is 1.80. The van der Waals surface area contributed by atoms with E-state index in [9.17, 15) is 14.4 Å². The number of anilines is 2. The Morgan fingerprint density at radius 2 is 1.79 bits per heavy atom. The van der Waals surface area contributed by atoms with Gasteiger partial charge in [-0.05, 0) is 69.5 Å². The molecule has 5 rings (SSSR count). The molecule has 42 heavy (non-hydrogen) atoms. The SMILES string of the molecule is Cc1cc(NC(=O)c2nn(C)c3ccccc23)ccc1NC(=O)c1cnn2cc(CCNC(=O)OC(C)(C)C)cnc12. The quantitative estimate of drug-likeness (QED) is 0.262. The molecule has 0 atom stereocenters. The number of alkyl carbamates (subject to hydrolysis) is 1. The normalized spacial score (nSPS) is 11.5. The van der Waals surface area contributed by atoms with Gasteiger partial charge < -0.3 is 20.7 Å². The second-order valence-corrected chi connectivity index (χ2v) is 10.9. The first-order valence-electron chi connectivity index (χ1n) is 13.4. The molecule has 3 amide bonds. The molecular formula is C30H32N8O4. The molecule has 3 aromatic heterocycles. The number of fused-ring (bicyclic) bond motifs is 2. The fourth-order valence-electron chi connectivity index (χ4n) is 4.47. The number of amides is 3. The van der Waals surface area contributed by atoms with Gasteiger partial charge in [-0.2, -0.15) is 10.2 Å². The van der Waals surface area contributed by atoms with E-state index in [0.717, 1.165) is 22.0 Å².